The molecule has 0 aliphatic heterocycles. The highest BCUT2D eigenvalue weighted by Gasteiger charge is 2.26. The van der Waals surface area contributed by atoms with Crippen LogP contribution in [0.3, 0.4) is 0 Å². The van der Waals surface area contributed by atoms with Gasteiger partial charge in [-0.25, -0.2) is 0 Å². The van der Waals surface area contributed by atoms with E-state index in [1.165, 1.54) is 14.7 Å². The summed E-state index contributed by atoms with van der Waals surface area (Å²) >= 11 is 0. The Morgan fingerprint density at radius 2 is 0.800 bits per heavy atom. The molecule has 0 fully saturated rings. The molecule has 0 unspecified atom stereocenters. The third-order valence-corrected chi connectivity index (χ3v) is 7.13. The summed E-state index contributed by atoms with van der Waals surface area (Å²) in [6.07, 6.45) is 0. The van der Waals surface area contributed by atoms with Gasteiger partial charge in [-0.1, -0.05) is 121 Å². The lowest BCUT2D eigenvalue weighted by Crippen LogP contribution is -2.48. The predicted octanol–water partition coefficient (Wildman–Crippen LogP) is 3.95. The zero-order valence-electron chi connectivity index (χ0n) is 25.1. The van der Waals surface area contributed by atoms with Gasteiger partial charge in [0.05, 0.1) is 6.54 Å². The van der Waals surface area contributed by atoms with Crippen molar-refractivity contribution >= 4 is 23.7 Å². The maximum absolute atomic E-state index is 13.9. The van der Waals surface area contributed by atoms with Crippen LogP contribution in [0.2, 0.25) is 0 Å². The fourth-order valence-corrected chi connectivity index (χ4v) is 4.82. The normalized spacial score (nSPS) is 10.6. The topological polar surface area (TPSA) is 110 Å². The molecule has 232 valence electrons. The van der Waals surface area contributed by atoms with Gasteiger partial charge in [0.25, 0.3) is 0 Å². The largest absolute Gasteiger partial charge is 0.480 e. The van der Waals surface area contributed by atoms with Gasteiger partial charge in [-0.2, -0.15) is 0 Å². The van der Waals surface area contributed by atoms with Crippen molar-refractivity contribution in [3.63, 3.8) is 0 Å². The summed E-state index contributed by atoms with van der Waals surface area (Å²) in [4.78, 5) is 56.7. The Bertz CT molecular complexity index is 1520. The van der Waals surface area contributed by atoms with E-state index in [4.69, 9.17) is 0 Å². The van der Waals surface area contributed by atoms with Gasteiger partial charge in [0.1, 0.15) is 19.6 Å². The molecule has 3 amide bonds. The Morgan fingerprint density at radius 3 is 1.18 bits per heavy atom. The van der Waals surface area contributed by atoms with Crippen LogP contribution in [0.5, 0.6) is 0 Å². The minimum Gasteiger partial charge on any atom is -0.480 e. The van der Waals surface area contributed by atoms with Crippen LogP contribution in [0, 0.1) is 0 Å². The van der Waals surface area contributed by atoms with Crippen molar-refractivity contribution in [1.82, 2.24) is 20.0 Å². The van der Waals surface area contributed by atoms with Crippen molar-refractivity contribution in [3.05, 3.63) is 144 Å². The summed E-state index contributed by atoms with van der Waals surface area (Å²) in [6, 6.07) is 37.5. The van der Waals surface area contributed by atoms with Crippen molar-refractivity contribution in [1.29, 1.82) is 0 Å². The number of carboxylic acids is 1. The highest BCUT2D eigenvalue weighted by molar-refractivity contribution is 5.89. The van der Waals surface area contributed by atoms with E-state index in [0.29, 0.717) is 6.54 Å². The van der Waals surface area contributed by atoms with E-state index in [2.05, 4.69) is 5.32 Å². The summed E-state index contributed by atoms with van der Waals surface area (Å²) in [5, 5.41) is 12.7. The van der Waals surface area contributed by atoms with E-state index >= 15 is 0 Å². The molecule has 4 aromatic carbocycles. The minimum atomic E-state index is -1.15. The molecular weight excluding hydrogens is 568 g/mol. The van der Waals surface area contributed by atoms with Crippen LogP contribution in [0.25, 0.3) is 0 Å². The number of hydrogen-bond donors (Lipinski definition) is 2. The molecule has 2 N–H and O–H groups in total. The van der Waals surface area contributed by atoms with Gasteiger partial charge < -0.3 is 25.1 Å². The summed E-state index contributed by atoms with van der Waals surface area (Å²) in [6.45, 7) is -0.156. The molecule has 0 saturated heterocycles. The fourth-order valence-electron chi connectivity index (χ4n) is 4.82. The zero-order chi connectivity index (χ0) is 31.9. The number of nitrogens with one attached hydrogen (secondary N) is 1. The van der Waals surface area contributed by atoms with Crippen molar-refractivity contribution in [2.24, 2.45) is 0 Å². The number of carbonyl (C=O) groups is 4. The van der Waals surface area contributed by atoms with Crippen LogP contribution in [-0.2, 0) is 45.4 Å². The van der Waals surface area contributed by atoms with E-state index in [-0.39, 0.29) is 45.2 Å². The third-order valence-electron chi connectivity index (χ3n) is 7.13. The number of rotatable bonds is 16. The van der Waals surface area contributed by atoms with Gasteiger partial charge in [0, 0.05) is 26.2 Å². The molecule has 0 radical (unpaired) electrons. The van der Waals surface area contributed by atoms with E-state index in [0.717, 1.165) is 22.3 Å². The lowest BCUT2D eigenvalue weighted by atomic mass is 10.2. The van der Waals surface area contributed by atoms with Crippen LogP contribution in [0.15, 0.2) is 121 Å². The molecule has 9 heteroatoms. The average molecular weight is 607 g/mol. The molecule has 0 aliphatic rings. The number of carbonyl (C=O) groups excluding carboxylic acids is 3. The number of amides is 3. The first kappa shape index (κ1) is 32.6. The SMILES string of the molecule is O=C(O)CN(Cc1ccccc1)C(=O)CN(Cc1ccccc1)C(=O)CN(Cc1ccccc1)C(=O)CNCc1ccccc1. The van der Waals surface area contributed by atoms with E-state index in [1.54, 1.807) is 0 Å². The minimum absolute atomic E-state index is 0.0239. The first-order valence-electron chi connectivity index (χ1n) is 14.8. The first-order valence-corrected chi connectivity index (χ1v) is 14.8. The number of carboxylic acid groups (broad SMARTS) is 1. The monoisotopic (exact) mass is 606 g/mol. The Hall–Kier alpha value is -5.28. The molecule has 0 saturated carbocycles. The van der Waals surface area contributed by atoms with Crippen LogP contribution in [0.4, 0.5) is 0 Å². The van der Waals surface area contributed by atoms with Crippen LogP contribution < -0.4 is 5.32 Å². The van der Waals surface area contributed by atoms with Gasteiger partial charge in [-0.3, -0.25) is 19.2 Å². The number of nitrogens with zero attached hydrogens (tertiary/aromatic N) is 3. The smallest absolute Gasteiger partial charge is 0.323 e. The average Bonchev–Trinajstić information content (AvgIpc) is 3.05. The predicted molar refractivity (Wildman–Crippen MR) is 171 cm³/mol. The quantitative estimate of drug-likeness (QED) is 0.200. The van der Waals surface area contributed by atoms with Gasteiger partial charge in [-0.05, 0) is 22.3 Å². The van der Waals surface area contributed by atoms with Gasteiger partial charge in [-0.15, -0.1) is 0 Å². The van der Waals surface area contributed by atoms with Crippen molar-refractivity contribution in [2.75, 3.05) is 26.2 Å². The van der Waals surface area contributed by atoms with Crippen LogP contribution >= 0.6 is 0 Å². The Labute approximate surface area is 263 Å². The summed E-state index contributed by atoms with van der Waals surface area (Å²) in [5.41, 5.74) is 3.47. The van der Waals surface area contributed by atoms with Gasteiger partial charge >= 0.3 is 5.97 Å². The lowest BCUT2D eigenvalue weighted by Gasteiger charge is -2.30. The second kappa shape index (κ2) is 17.1. The molecule has 0 aliphatic carbocycles. The molecule has 4 aromatic rings. The summed E-state index contributed by atoms with van der Waals surface area (Å²) < 4.78 is 0. The Morgan fingerprint density at radius 1 is 0.467 bits per heavy atom. The van der Waals surface area contributed by atoms with Crippen molar-refractivity contribution in [2.45, 2.75) is 26.2 Å². The number of benzene rings is 4. The molecule has 45 heavy (non-hydrogen) atoms. The molecule has 0 spiro atoms. The highest BCUT2D eigenvalue weighted by atomic mass is 16.4. The molecule has 0 atom stereocenters. The summed E-state index contributed by atoms with van der Waals surface area (Å²) in [7, 11) is 0. The first-order chi connectivity index (χ1) is 21.9. The van der Waals surface area contributed by atoms with Crippen LogP contribution in [-0.4, -0.2) is 69.7 Å². The fraction of sp³-hybridized carbons (Fsp3) is 0.222. The molecule has 0 heterocycles. The molecule has 4 rings (SSSR count). The van der Waals surface area contributed by atoms with Gasteiger partial charge in [0.2, 0.25) is 17.7 Å². The molecule has 0 aromatic heterocycles. The van der Waals surface area contributed by atoms with Gasteiger partial charge in [0.15, 0.2) is 0 Å². The lowest BCUT2D eigenvalue weighted by molar-refractivity contribution is -0.148. The molecule has 0 bridgehead atoms. The van der Waals surface area contributed by atoms with E-state index in [1.807, 2.05) is 121 Å². The second-order valence-electron chi connectivity index (χ2n) is 10.7. The maximum Gasteiger partial charge on any atom is 0.323 e. The highest BCUT2D eigenvalue weighted by Crippen LogP contribution is 2.12. The maximum atomic E-state index is 13.9. The third kappa shape index (κ3) is 11.1. The van der Waals surface area contributed by atoms with Crippen LogP contribution in [0.1, 0.15) is 22.3 Å². The Kier molecular flexibility index (Phi) is 12.4. The van der Waals surface area contributed by atoms with E-state index in [9.17, 15) is 24.3 Å². The Balaban J connectivity index is 1.52. The standard InChI is InChI=1S/C36H38N4O5/c41-33(22-37-21-29-13-5-1-6-14-29)38(23-30-15-7-2-8-16-30)26-34(42)39(24-31-17-9-3-10-18-31)27-35(43)40(28-36(44)45)25-32-19-11-4-12-20-32/h1-20,37H,21-28H2,(H,44,45). The summed E-state index contributed by atoms with van der Waals surface area (Å²) in [5.74, 6) is -2.33. The zero-order valence-corrected chi connectivity index (χ0v) is 25.1. The number of hydrogen-bond acceptors (Lipinski definition) is 5. The number of aliphatic carboxylic acids is 1. The van der Waals surface area contributed by atoms with Crippen molar-refractivity contribution < 1.29 is 24.3 Å². The molecule has 9 nitrogen and oxygen atoms in total. The molecular formula is C36H38N4O5. The van der Waals surface area contributed by atoms with Crippen molar-refractivity contribution in [3.8, 4) is 0 Å². The second-order valence-corrected chi connectivity index (χ2v) is 10.7. The van der Waals surface area contributed by atoms with E-state index < -0.39 is 24.3 Å².